The standard InChI is InChI=1S/C23H19FIN5O6S/c1-11-19-18(20(29(2)22(11)33)27-16-7-6-12(25)8-15(16)24)21(32)28-23(34)30(19)13-4-3-5-14(9-13)37(35,36)10-17(26)31/h3-9,27H,10H2,1-2H3,(H2,26,31)(H,28,32,34). The maximum atomic E-state index is 14.6. The summed E-state index contributed by atoms with van der Waals surface area (Å²) in [6.07, 6.45) is 0. The zero-order valence-corrected chi connectivity index (χ0v) is 22.3. The first-order valence-corrected chi connectivity index (χ1v) is 13.3. The van der Waals surface area contributed by atoms with E-state index in [1.165, 1.54) is 44.3 Å². The SMILES string of the molecule is Cc1c(=O)n(C)c(Nc2ccc(I)cc2F)c2c(=O)[nH]c(=O)n(-c3cccc(S(=O)(=O)CC(N)=O)c3)c12. The Kier molecular flexibility index (Phi) is 6.81. The number of nitrogens with one attached hydrogen (secondary N) is 2. The molecule has 0 aliphatic heterocycles. The van der Waals surface area contributed by atoms with Gasteiger partial charge in [0, 0.05) is 16.2 Å². The Morgan fingerprint density at radius 3 is 2.51 bits per heavy atom. The fraction of sp³-hybridized carbons (Fsp3) is 0.130. The van der Waals surface area contributed by atoms with Crippen LogP contribution in [0.15, 0.2) is 61.7 Å². The fourth-order valence-corrected chi connectivity index (χ4v) is 5.51. The van der Waals surface area contributed by atoms with E-state index in [1.807, 2.05) is 22.6 Å². The second-order valence-corrected chi connectivity index (χ2v) is 11.4. The number of benzene rings is 2. The lowest BCUT2D eigenvalue weighted by Crippen LogP contribution is -2.34. The van der Waals surface area contributed by atoms with Crippen molar-refractivity contribution in [1.29, 1.82) is 0 Å². The van der Waals surface area contributed by atoms with Crippen LogP contribution >= 0.6 is 22.6 Å². The summed E-state index contributed by atoms with van der Waals surface area (Å²) in [5.74, 6) is -2.73. The first-order valence-electron chi connectivity index (χ1n) is 10.5. The van der Waals surface area contributed by atoms with Gasteiger partial charge in [-0.1, -0.05) is 6.07 Å². The first kappa shape index (κ1) is 26.3. The molecule has 0 radical (unpaired) electrons. The van der Waals surface area contributed by atoms with Crippen molar-refractivity contribution in [1.82, 2.24) is 14.1 Å². The minimum atomic E-state index is -4.13. The second kappa shape index (κ2) is 9.59. The van der Waals surface area contributed by atoms with Gasteiger partial charge in [0.1, 0.15) is 22.8 Å². The van der Waals surface area contributed by atoms with Crippen molar-refractivity contribution in [3.63, 3.8) is 0 Å². The summed E-state index contributed by atoms with van der Waals surface area (Å²) < 4.78 is 42.5. The van der Waals surface area contributed by atoms with E-state index in [0.29, 0.717) is 3.57 Å². The Balaban J connectivity index is 2.07. The number of H-pyrrole nitrogens is 1. The van der Waals surface area contributed by atoms with Gasteiger partial charge in [-0.2, -0.15) is 0 Å². The summed E-state index contributed by atoms with van der Waals surface area (Å²) in [4.78, 5) is 52.3. The van der Waals surface area contributed by atoms with Gasteiger partial charge in [0.05, 0.1) is 21.8 Å². The monoisotopic (exact) mass is 639 g/mol. The third kappa shape index (κ3) is 4.81. The molecule has 4 aromatic rings. The number of carbonyl (C=O) groups excluding carboxylic acids is 1. The van der Waals surface area contributed by atoms with Crippen LogP contribution in [-0.4, -0.2) is 34.2 Å². The molecule has 14 heteroatoms. The van der Waals surface area contributed by atoms with Crippen molar-refractivity contribution >= 4 is 60.7 Å². The maximum absolute atomic E-state index is 14.6. The van der Waals surface area contributed by atoms with E-state index in [0.717, 1.165) is 15.2 Å². The summed E-state index contributed by atoms with van der Waals surface area (Å²) in [5.41, 5.74) is 2.57. The predicted octanol–water partition coefficient (Wildman–Crippen LogP) is 1.43. The lowest BCUT2D eigenvalue weighted by molar-refractivity contribution is -0.115. The molecule has 0 aliphatic carbocycles. The zero-order chi connectivity index (χ0) is 27.2. The van der Waals surface area contributed by atoms with Crippen molar-refractivity contribution < 1.29 is 17.6 Å². The number of carbonyl (C=O) groups is 1. The van der Waals surface area contributed by atoms with Crippen molar-refractivity contribution in [2.45, 2.75) is 11.8 Å². The quantitative estimate of drug-likeness (QED) is 0.269. The van der Waals surface area contributed by atoms with Crippen LogP contribution in [0.3, 0.4) is 0 Å². The highest BCUT2D eigenvalue weighted by Gasteiger charge is 2.23. The van der Waals surface area contributed by atoms with Crippen LogP contribution < -0.4 is 27.9 Å². The van der Waals surface area contributed by atoms with E-state index in [1.54, 1.807) is 6.07 Å². The van der Waals surface area contributed by atoms with Crippen LogP contribution in [0.25, 0.3) is 16.6 Å². The summed E-state index contributed by atoms with van der Waals surface area (Å²) in [6, 6.07) is 9.40. The van der Waals surface area contributed by atoms with E-state index < -0.39 is 44.1 Å². The number of aromatic nitrogens is 3. The van der Waals surface area contributed by atoms with Crippen LogP contribution in [0.5, 0.6) is 0 Å². The van der Waals surface area contributed by atoms with Gasteiger partial charge < -0.3 is 11.1 Å². The van der Waals surface area contributed by atoms with E-state index in [4.69, 9.17) is 5.73 Å². The Morgan fingerprint density at radius 2 is 1.86 bits per heavy atom. The molecule has 2 heterocycles. The highest BCUT2D eigenvalue weighted by atomic mass is 127. The summed E-state index contributed by atoms with van der Waals surface area (Å²) in [6.45, 7) is 1.41. The topological polar surface area (TPSA) is 166 Å². The number of hydrogen-bond donors (Lipinski definition) is 3. The minimum absolute atomic E-state index is 0.000422. The van der Waals surface area contributed by atoms with Crippen LogP contribution in [-0.2, 0) is 21.7 Å². The molecule has 2 aromatic heterocycles. The zero-order valence-electron chi connectivity index (χ0n) is 19.3. The van der Waals surface area contributed by atoms with Crippen molar-refractivity contribution in [3.05, 3.63) is 88.6 Å². The summed E-state index contributed by atoms with van der Waals surface area (Å²) in [7, 11) is -2.75. The van der Waals surface area contributed by atoms with Crippen molar-refractivity contribution in [2.24, 2.45) is 12.8 Å². The number of amides is 1. The number of halogens is 2. The average molecular weight is 639 g/mol. The van der Waals surface area contributed by atoms with Gasteiger partial charge in [-0.15, -0.1) is 0 Å². The smallest absolute Gasteiger partial charge is 0.333 e. The van der Waals surface area contributed by atoms with E-state index >= 15 is 0 Å². The number of fused-ring (bicyclic) bond motifs is 1. The van der Waals surface area contributed by atoms with Gasteiger partial charge in [0.25, 0.3) is 11.1 Å². The normalized spacial score (nSPS) is 11.6. The van der Waals surface area contributed by atoms with E-state index in [9.17, 15) is 32.0 Å². The van der Waals surface area contributed by atoms with Gasteiger partial charge in [-0.25, -0.2) is 17.6 Å². The molecule has 0 saturated heterocycles. The van der Waals surface area contributed by atoms with Crippen molar-refractivity contribution in [3.8, 4) is 5.69 Å². The molecule has 4 rings (SSSR count). The highest BCUT2D eigenvalue weighted by molar-refractivity contribution is 14.1. The molecule has 0 unspecified atom stereocenters. The largest absolute Gasteiger partial charge is 0.369 e. The van der Waals surface area contributed by atoms with E-state index in [-0.39, 0.29) is 38.6 Å². The number of anilines is 2. The predicted molar refractivity (Wildman–Crippen MR) is 144 cm³/mol. The average Bonchev–Trinajstić information content (AvgIpc) is 2.81. The molecule has 0 atom stereocenters. The molecule has 0 bridgehead atoms. The Bertz CT molecular complexity index is 1900. The molecule has 0 fully saturated rings. The number of sulfone groups is 1. The second-order valence-electron chi connectivity index (χ2n) is 8.13. The molecule has 4 N–H and O–H groups in total. The number of nitrogens with zero attached hydrogens (tertiary/aromatic N) is 2. The van der Waals surface area contributed by atoms with E-state index in [2.05, 4.69) is 10.3 Å². The van der Waals surface area contributed by atoms with Crippen molar-refractivity contribution in [2.75, 3.05) is 11.1 Å². The fourth-order valence-electron chi connectivity index (χ4n) is 3.93. The highest BCUT2D eigenvalue weighted by Crippen LogP contribution is 2.27. The molecular formula is C23H19FIN5O6S. The molecule has 192 valence electrons. The van der Waals surface area contributed by atoms with Gasteiger partial charge in [0.15, 0.2) is 9.84 Å². The molecule has 0 saturated carbocycles. The van der Waals surface area contributed by atoms with Crippen LogP contribution in [0.4, 0.5) is 15.9 Å². The molecule has 2 aromatic carbocycles. The summed E-state index contributed by atoms with van der Waals surface area (Å²) in [5, 5.41) is 2.64. The first-order chi connectivity index (χ1) is 17.3. The Morgan fingerprint density at radius 1 is 1.16 bits per heavy atom. The molecule has 37 heavy (non-hydrogen) atoms. The van der Waals surface area contributed by atoms with Crippen LogP contribution in [0, 0.1) is 16.3 Å². The van der Waals surface area contributed by atoms with Crippen LogP contribution in [0.1, 0.15) is 5.56 Å². The van der Waals surface area contributed by atoms with Gasteiger partial charge in [0.2, 0.25) is 5.91 Å². The third-order valence-electron chi connectivity index (χ3n) is 5.62. The third-order valence-corrected chi connectivity index (χ3v) is 7.92. The van der Waals surface area contributed by atoms with Gasteiger partial charge in [-0.05, 0) is 65.9 Å². The number of primary amides is 1. The lowest BCUT2D eigenvalue weighted by Gasteiger charge is -2.19. The number of hydrogen-bond acceptors (Lipinski definition) is 7. The number of pyridine rings is 1. The van der Waals surface area contributed by atoms with Gasteiger partial charge in [-0.3, -0.25) is 28.5 Å². The maximum Gasteiger partial charge on any atom is 0.333 e. The molecule has 1 amide bonds. The number of rotatable bonds is 6. The Hall–Kier alpha value is -3.79. The molecule has 0 spiro atoms. The minimum Gasteiger partial charge on any atom is -0.369 e. The molecular weight excluding hydrogens is 620 g/mol. The van der Waals surface area contributed by atoms with Gasteiger partial charge >= 0.3 is 5.69 Å². The summed E-state index contributed by atoms with van der Waals surface area (Å²) >= 11 is 1.93. The van der Waals surface area contributed by atoms with Crippen LogP contribution in [0.2, 0.25) is 0 Å². The lowest BCUT2D eigenvalue weighted by atomic mass is 10.1. The number of aromatic amines is 1. The molecule has 0 aliphatic rings. The Labute approximate surface area is 221 Å². The molecule has 11 nitrogen and oxygen atoms in total. The number of aryl methyl sites for hydroxylation is 1. The number of nitrogens with two attached hydrogens (primary N) is 1.